The van der Waals surface area contributed by atoms with Crippen LogP contribution in [-0.2, 0) is 4.74 Å². The van der Waals surface area contributed by atoms with Crippen molar-refractivity contribution in [3.05, 3.63) is 30.6 Å². The molecule has 1 amide bonds. The van der Waals surface area contributed by atoms with E-state index >= 15 is 0 Å². The molecule has 0 saturated carbocycles. The molecule has 1 aromatic carbocycles. The second kappa shape index (κ2) is 7.08. The fraction of sp³-hybridized carbons (Fsp3) is 0.529. The van der Waals surface area contributed by atoms with Gasteiger partial charge in [0.05, 0.1) is 11.4 Å². The predicted octanol–water partition coefficient (Wildman–Crippen LogP) is 2.47. The molecule has 1 aliphatic rings. The number of hydrogen-bond acceptors (Lipinski definition) is 6. The molecule has 3 rings (SSSR count). The lowest BCUT2D eigenvalue weighted by molar-refractivity contribution is 0.0206. The number of carbonyl (C=O) groups excluding carboxylic acids is 1. The molecule has 8 nitrogen and oxygen atoms in total. The summed E-state index contributed by atoms with van der Waals surface area (Å²) >= 11 is 0. The molecule has 1 atom stereocenters. The summed E-state index contributed by atoms with van der Waals surface area (Å²) in [5, 5.41) is 14.9. The third kappa shape index (κ3) is 4.46. The Balaban J connectivity index is 1.69. The number of piperidine rings is 1. The highest BCUT2D eigenvalue weighted by atomic mass is 16.6. The Morgan fingerprint density at radius 3 is 2.84 bits per heavy atom. The minimum absolute atomic E-state index is 0.152. The highest BCUT2D eigenvalue weighted by Gasteiger charge is 2.27. The summed E-state index contributed by atoms with van der Waals surface area (Å²) in [7, 11) is 0. The second-order valence-electron chi connectivity index (χ2n) is 7.18. The Kier molecular flexibility index (Phi) is 4.87. The topological polar surface area (TPSA) is 85.2 Å². The normalized spacial score (nSPS) is 18.0. The molecule has 1 N–H and O–H groups in total. The molecule has 1 fully saturated rings. The fourth-order valence-electron chi connectivity index (χ4n) is 2.87. The third-order valence-electron chi connectivity index (χ3n) is 3.93. The van der Waals surface area contributed by atoms with Crippen LogP contribution in [-0.4, -0.2) is 55.9 Å². The Bertz CT molecular complexity index is 710. The molecule has 0 aliphatic carbocycles. The van der Waals surface area contributed by atoms with Crippen LogP contribution in [0.2, 0.25) is 0 Å². The first-order valence-electron chi connectivity index (χ1n) is 8.49. The van der Waals surface area contributed by atoms with E-state index in [-0.39, 0.29) is 12.1 Å². The van der Waals surface area contributed by atoms with E-state index in [9.17, 15) is 4.79 Å². The van der Waals surface area contributed by atoms with Crippen molar-refractivity contribution in [3.8, 4) is 5.69 Å². The number of hydrogen-bond donors (Lipinski definition) is 1. The van der Waals surface area contributed by atoms with Crippen molar-refractivity contribution < 1.29 is 9.53 Å². The van der Waals surface area contributed by atoms with Crippen molar-refractivity contribution in [2.24, 2.45) is 0 Å². The average Bonchev–Trinajstić information content (AvgIpc) is 3.08. The monoisotopic (exact) mass is 344 g/mol. The van der Waals surface area contributed by atoms with Crippen LogP contribution in [0.25, 0.3) is 5.69 Å². The third-order valence-corrected chi connectivity index (χ3v) is 3.93. The van der Waals surface area contributed by atoms with Gasteiger partial charge in [0.25, 0.3) is 0 Å². The van der Waals surface area contributed by atoms with Crippen molar-refractivity contribution in [1.82, 2.24) is 25.1 Å². The SMILES string of the molecule is CC(C)(C)OC(=O)N1CCCC(Nc2ccccc2-n2cnnn2)C1. The average molecular weight is 344 g/mol. The number of benzene rings is 1. The van der Waals surface area contributed by atoms with Gasteiger partial charge in [-0.25, -0.2) is 4.79 Å². The van der Waals surface area contributed by atoms with Gasteiger partial charge >= 0.3 is 6.09 Å². The molecule has 1 unspecified atom stereocenters. The Morgan fingerprint density at radius 2 is 2.12 bits per heavy atom. The van der Waals surface area contributed by atoms with Gasteiger partial charge in [0.15, 0.2) is 0 Å². The molecule has 134 valence electrons. The van der Waals surface area contributed by atoms with Crippen LogP contribution >= 0.6 is 0 Å². The van der Waals surface area contributed by atoms with Crippen LogP contribution in [0.4, 0.5) is 10.5 Å². The lowest BCUT2D eigenvalue weighted by Gasteiger charge is -2.35. The van der Waals surface area contributed by atoms with Crippen LogP contribution < -0.4 is 5.32 Å². The maximum atomic E-state index is 12.3. The van der Waals surface area contributed by atoms with E-state index < -0.39 is 5.60 Å². The second-order valence-corrected chi connectivity index (χ2v) is 7.18. The maximum Gasteiger partial charge on any atom is 0.410 e. The molecule has 0 bridgehead atoms. The maximum absolute atomic E-state index is 12.3. The molecule has 1 aromatic heterocycles. The van der Waals surface area contributed by atoms with Crippen LogP contribution in [0.3, 0.4) is 0 Å². The first-order valence-corrected chi connectivity index (χ1v) is 8.49. The molecule has 2 aromatic rings. The lowest BCUT2D eigenvalue weighted by atomic mass is 10.1. The molecule has 25 heavy (non-hydrogen) atoms. The molecule has 1 aliphatic heterocycles. The first kappa shape index (κ1) is 17.2. The minimum atomic E-state index is -0.482. The van der Waals surface area contributed by atoms with E-state index in [0.717, 1.165) is 30.8 Å². The van der Waals surface area contributed by atoms with Crippen LogP contribution in [0.5, 0.6) is 0 Å². The number of ether oxygens (including phenoxy) is 1. The smallest absolute Gasteiger partial charge is 0.410 e. The van der Waals surface area contributed by atoms with E-state index in [1.165, 1.54) is 0 Å². The zero-order chi connectivity index (χ0) is 17.9. The van der Waals surface area contributed by atoms with Crippen LogP contribution in [0, 0.1) is 0 Å². The molecular weight excluding hydrogens is 320 g/mol. The molecule has 0 spiro atoms. The van der Waals surface area contributed by atoms with Gasteiger partial charge in [-0.3, -0.25) is 0 Å². The van der Waals surface area contributed by atoms with Crippen LogP contribution in [0.1, 0.15) is 33.6 Å². The summed E-state index contributed by atoms with van der Waals surface area (Å²) in [5.74, 6) is 0. The molecule has 1 saturated heterocycles. The first-order chi connectivity index (χ1) is 11.9. The predicted molar refractivity (Wildman–Crippen MR) is 93.6 cm³/mol. The van der Waals surface area contributed by atoms with Crippen molar-refractivity contribution in [3.63, 3.8) is 0 Å². The van der Waals surface area contributed by atoms with Gasteiger partial charge in [0.2, 0.25) is 0 Å². The zero-order valence-electron chi connectivity index (χ0n) is 14.8. The quantitative estimate of drug-likeness (QED) is 0.921. The van der Waals surface area contributed by atoms with E-state index in [4.69, 9.17) is 4.74 Å². The van der Waals surface area contributed by atoms with Gasteiger partial charge in [-0.2, -0.15) is 4.68 Å². The number of amides is 1. The summed E-state index contributed by atoms with van der Waals surface area (Å²) in [6.45, 7) is 6.98. The van der Waals surface area contributed by atoms with E-state index in [0.29, 0.717) is 6.54 Å². The Labute approximate surface area is 147 Å². The number of tetrazole rings is 1. The zero-order valence-corrected chi connectivity index (χ0v) is 14.8. The number of nitrogens with one attached hydrogen (secondary N) is 1. The summed E-state index contributed by atoms with van der Waals surface area (Å²) in [6, 6.07) is 8.00. The van der Waals surface area contributed by atoms with Gasteiger partial charge in [-0.05, 0) is 56.2 Å². The number of rotatable bonds is 3. The summed E-state index contributed by atoms with van der Waals surface area (Å²) in [6.07, 6.45) is 3.23. The fourth-order valence-corrected chi connectivity index (χ4v) is 2.87. The summed E-state index contributed by atoms with van der Waals surface area (Å²) in [4.78, 5) is 14.1. The number of nitrogens with zero attached hydrogens (tertiary/aromatic N) is 5. The van der Waals surface area contributed by atoms with Crippen molar-refractivity contribution in [2.75, 3.05) is 18.4 Å². The largest absolute Gasteiger partial charge is 0.444 e. The minimum Gasteiger partial charge on any atom is -0.444 e. The number of para-hydroxylation sites is 2. The molecule has 8 heteroatoms. The van der Waals surface area contributed by atoms with E-state index in [2.05, 4.69) is 20.8 Å². The van der Waals surface area contributed by atoms with Gasteiger partial charge in [-0.1, -0.05) is 12.1 Å². The lowest BCUT2D eigenvalue weighted by Crippen LogP contribution is -2.47. The number of anilines is 1. The standard InChI is InChI=1S/C17H24N6O2/c1-17(2,3)25-16(24)22-10-6-7-13(11-22)19-14-8-4-5-9-15(14)23-12-18-20-21-23/h4-5,8-9,12-13,19H,6-7,10-11H2,1-3H3. The molecular formula is C17H24N6O2. The van der Waals surface area contributed by atoms with Gasteiger partial charge in [-0.15, -0.1) is 5.10 Å². The Hall–Kier alpha value is -2.64. The molecule has 2 heterocycles. The van der Waals surface area contributed by atoms with Crippen LogP contribution in [0.15, 0.2) is 30.6 Å². The number of aromatic nitrogens is 4. The Morgan fingerprint density at radius 1 is 1.32 bits per heavy atom. The van der Waals surface area contributed by atoms with E-state index in [1.807, 2.05) is 45.0 Å². The van der Waals surface area contributed by atoms with Gasteiger partial charge in [0, 0.05) is 19.1 Å². The van der Waals surface area contributed by atoms with Crippen molar-refractivity contribution in [1.29, 1.82) is 0 Å². The summed E-state index contributed by atoms with van der Waals surface area (Å²) < 4.78 is 7.11. The van der Waals surface area contributed by atoms with Crippen molar-refractivity contribution >= 4 is 11.8 Å². The van der Waals surface area contributed by atoms with E-state index in [1.54, 1.807) is 15.9 Å². The number of likely N-dealkylation sites (tertiary alicyclic amines) is 1. The van der Waals surface area contributed by atoms with Gasteiger partial charge in [0.1, 0.15) is 11.9 Å². The summed E-state index contributed by atoms with van der Waals surface area (Å²) in [5.41, 5.74) is 1.33. The molecule has 0 radical (unpaired) electrons. The highest BCUT2D eigenvalue weighted by Crippen LogP contribution is 2.23. The van der Waals surface area contributed by atoms with Gasteiger partial charge < -0.3 is 15.0 Å². The number of carbonyl (C=O) groups is 1. The highest BCUT2D eigenvalue weighted by molar-refractivity contribution is 5.68. The van der Waals surface area contributed by atoms with Crippen molar-refractivity contribution in [2.45, 2.75) is 45.3 Å².